The van der Waals surface area contributed by atoms with Crippen LogP contribution in [0.25, 0.3) is 0 Å². The van der Waals surface area contributed by atoms with Gasteiger partial charge in [0.05, 0.1) is 15.8 Å². The molecular weight excluding hydrogens is 319 g/mol. The topological polar surface area (TPSA) is 61.4 Å². The second-order valence-electron chi connectivity index (χ2n) is 4.60. The normalized spacial score (nSPS) is 16.1. The van der Waals surface area contributed by atoms with Gasteiger partial charge in [-0.25, -0.2) is 0 Å². The molecule has 7 heteroatoms. The number of aromatic hydroxyl groups is 1. The van der Waals surface area contributed by atoms with Gasteiger partial charge in [0, 0.05) is 10.9 Å². The number of piperidine rings is 1. The van der Waals surface area contributed by atoms with Gasteiger partial charge in [-0.1, -0.05) is 23.2 Å². The second-order valence-corrected chi connectivity index (χ2v) is 6.70. The van der Waals surface area contributed by atoms with E-state index < -0.39 is 0 Å². The van der Waals surface area contributed by atoms with Gasteiger partial charge in [0.1, 0.15) is 0 Å². The molecule has 20 heavy (non-hydrogen) atoms. The summed E-state index contributed by atoms with van der Waals surface area (Å²) in [6, 6.07) is 2.96. The van der Waals surface area contributed by atoms with Crippen molar-refractivity contribution in [3.8, 4) is 5.75 Å². The number of anilines is 1. The Kier molecular flexibility index (Phi) is 5.84. The predicted octanol–water partition coefficient (Wildman–Crippen LogP) is 3.12. The molecule has 1 aliphatic rings. The first-order valence-electron chi connectivity index (χ1n) is 6.36. The number of phenols is 1. The molecule has 1 aliphatic heterocycles. The van der Waals surface area contributed by atoms with E-state index in [-0.39, 0.29) is 21.7 Å². The first-order chi connectivity index (χ1) is 9.56. The lowest BCUT2D eigenvalue weighted by atomic mass is 10.2. The average molecular weight is 335 g/mol. The highest BCUT2D eigenvalue weighted by atomic mass is 35.5. The lowest BCUT2D eigenvalue weighted by molar-refractivity contribution is -0.113. The smallest absolute Gasteiger partial charge is 0.234 e. The molecule has 0 aliphatic carbocycles. The number of amides is 1. The van der Waals surface area contributed by atoms with E-state index in [2.05, 4.69) is 10.6 Å². The molecule has 1 aromatic carbocycles. The van der Waals surface area contributed by atoms with Gasteiger partial charge in [-0.2, -0.15) is 0 Å². The van der Waals surface area contributed by atoms with E-state index in [1.165, 1.54) is 12.1 Å². The van der Waals surface area contributed by atoms with E-state index in [0.29, 0.717) is 16.7 Å². The lowest BCUT2D eigenvalue weighted by Gasteiger charge is -2.21. The maximum absolute atomic E-state index is 11.9. The van der Waals surface area contributed by atoms with Crippen molar-refractivity contribution in [2.75, 3.05) is 24.2 Å². The van der Waals surface area contributed by atoms with Gasteiger partial charge in [-0.15, -0.1) is 11.8 Å². The van der Waals surface area contributed by atoms with Gasteiger partial charge in [-0.05, 0) is 38.1 Å². The number of carbonyl (C=O) groups is 1. The summed E-state index contributed by atoms with van der Waals surface area (Å²) in [6.45, 7) is 2.03. The maximum Gasteiger partial charge on any atom is 0.234 e. The molecule has 1 heterocycles. The van der Waals surface area contributed by atoms with Crippen molar-refractivity contribution >= 4 is 46.6 Å². The van der Waals surface area contributed by atoms with Crippen LogP contribution in [-0.2, 0) is 4.79 Å². The van der Waals surface area contributed by atoms with Crippen LogP contribution in [0, 0.1) is 0 Å². The Morgan fingerprint density at radius 3 is 2.55 bits per heavy atom. The molecule has 1 saturated heterocycles. The average Bonchev–Trinajstić information content (AvgIpc) is 2.43. The van der Waals surface area contributed by atoms with Gasteiger partial charge in [-0.3, -0.25) is 4.79 Å². The van der Waals surface area contributed by atoms with Gasteiger partial charge >= 0.3 is 0 Å². The number of phenolic OH excluding ortho intramolecular Hbond substituents is 1. The van der Waals surface area contributed by atoms with Crippen LogP contribution in [0.1, 0.15) is 12.8 Å². The number of halogens is 2. The van der Waals surface area contributed by atoms with E-state index in [0.717, 1.165) is 25.9 Å². The Balaban J connectivity index is 1.84. The maximum atomic E-state index is 11.9. The third-order valence-electron chi connectivity index (χ3n) is 3.04. The fraction of sp³-hybridized carbons (Fsp3) is 0.462. The number of carbonyl (C=O) groups excluding carboxylic acids is 1. The summed E-state index contributed by atoms with van der Waals surface area (Å²) in [4.78, 5) is 11.9. The molecule has 1 fully saturated rings. The first kappa shape index (κ1) is 15.8. The minimum atomic E-state index is -0.171. The SMILES string of the molecule is O=C(CSC1CCNCC1)Nc1cc(Cl)c(O)c(Cl)c1. The molecule has 1 amide bonds. The summed E-state index contributed by atoms with van der Waals surface area (Å²) in [5.74, 6) is 0.141. The van der Waals surface area contributed by atoms with Gasteiger partial charge in [0.2, 0.25) is 5.91 Å². The Bertz CT molecular complexity index is 470. The summed E-state index contributed by atoms with van der Waals surface area (Å²) in [6.07, 6.45) is 2.18. The van der Waals surface area contributed by atoms with Crippen molar-refractivity contribution < 1.29 is 9.90 Å². The van der Waals surface area contributed by atoms with Crippen molar-refractivity contribution in [3.63, 3.8) is 0 Å². The summed E-state index contributed by atoms with van der Waals surface area (Å²) in [5, 5.41) is 16.3. The molecule has 0 radical (unpaired) electrons. The summed E-state index contributed by atoms with van der Waals surface area (Å²) in [5.41, 5.74) is 0.494. The molecule has 110 valence electrons. The second kappa shape index (κ2) is 7.41. The third-order valence-corrected chi connectivity index (χ3v) is 4.98. The zero-order chi connectivity index (χ0) is 14.5. The van der Waals surface area contributed by atoms with E-state index in [4.69, 9.17) is 23.2 Å². The zero-order valence-corrected chi connectivity index (χ0v) is 13.1. The van der Waals surface area contributed by atoms with E-state index in [1.807, 2.05) is 0 Å². The molecule has 1 aromatic rings. The molecule has 3 N–H and O–H groups in total. The molecule has 0 spiro atoms. The number of hydrogen-bond donors (Lipinski definition) is 3. The summed E-state index contributed by atoms with van der Waals surface area (Å²) >= 11 is 13.3. The molecule has 0 bridgehead atoms. The van der Waals surface area contributed by atoms with Crippen LogP contribution in [0.2, 0.25) is 10.0 Å². The Morgan fingerprint density at radius 2 is 1.95 bits per heavy atom. The molecule has 2 rings (SSSR count). The van der Waals surface area contributed by atoms with Crippen LogP contribution in [-0.4, -0.2) is 35.1 Å². The Labute approximate surface area is 132 Å². The molecule has 0 atom stereocenters. The van der Waals surface area contributed by atoms with Crippen LogP contribution < -0.4 is 10.6 Å². The van der Waals surface area contributed by atoms with Gasteiger partial charge in [0.25, 0.3) is 0 Å². The van der Waals surface area contributed by atoms with Crippen LogP contribution in [0.3, 0.4) is 0 Å². The number of hydrogen-bond acceptors (Lipinski definition) is 4. The first-order valence-corrected chi connectivity index (χ1v) is 8.17. The number of rotatable bonds is 4. The van der Waals surface area contributed by atoms with Crippen LogP contribution >= 0.6 is 35.0 Å². The summed E-state index contributed by atoms with van der Waals surface area (Å²) in [7, 11) is 0. The number of benzene rings is 1. The highest BCUT2D eigenvalue weighted by molar-refractivity contribution is 8.00. The van der Waals surface area contributed by atoms with E-state index in [9.17, 15) is 9.90 Å². The summed E-state index contributed by atoms with van der Waals surface area (Å²) < 4.78 is 0. The number of thioether (sulfide) groups is 1. The minimum Gasteiger partial charge on any atom is -0.505 e. The third kappa shape index (κ3) is 4.45. The van der Waals surface area contributed by atoms with Gasteiger partial charge < -0.3 is 15.7 Å². The fourth-order valence-electron chi connectivity index (χ4n) is 1.99. The Hall–Kier alpha value is -0.620. The van der Waals surface area contributed by atoms with E-state index >= 15 is 0 Å². The number of nitrogens with one attached hydrogen (secondary N) is 2. The Morgan fingerprint density at radius 1 is 1.35 bits per heavy atom. The van der Waals surface area contributed by atoms with Crippen molar-refractivity contribution in [3.05, 3.63) is 22.2 Å². The minimum absolute atomic E-state index is 0.0913. The quantitative estimate of drug-likeness (QED) is 0.740. The predicted molar refractivity (Wildman–Crippen MR) is 85.1 cm³/mol. The van der Waals surface area contributed by atoms with Crippen LogP contribution in [0.15, 0.2) is 12.1 Å². The van der Waals surface area contributed by atoms with Crippen LogP contribution in [0.5, 0.6) is 5.75 Å². The highest BCUT2D eigenvalue weighted by Gasteiger charge is 2.15. The monoisotopic (exact) mass is 334 g/mol. The molecule has 0 unspecified atom stereocenters. The van der Waals surface area contributed by atoms with Gasteiger partial charge in [0.15, 0.2) is 5.75 Å². The fourth-order valence-corrected chi connectivity index (χ4v) is 3.51. The van der Waals surface area contributed by atoms with Crippen molar-refractivity contribution in [2.45, 2.75) is 18.1 Å². The van der Waals surface area contributed by atoms with Crippen molar-refractivity contribution in [2.24, 2.45) is 0 Å². The standard InChI is InChI=1S/C13H16Cl2N2O2S/c14-10-5-8(6-11(15)13(10)19)17-12(18)7-20-9-1-3-16-4-2-9/h5-6,9,16,19H,1-4,7H2,(H,17,18). The molecular formula is C13H16Cl2N2O2S. The molecule has 0 aromatic heterocycles. The zero-order valence-electron chi connectivity index (χ0n) is 10.8. The van der Waals surface area contributed by atoms with Crippen LogP contribution in [0.4, 0.5) is 5.69 Å². The van der Waals surface area contributed by atoms with Crippen molar-refractivity contribution in [1.29, 1.82) is 0 Å². The largest absolute Gasteiger partial charge is 0.505 e. The molecule has 4 nitrogen and oxygen atoms in total. The lowest BCUT2D eigenvalue weighted by Crippen LogP contribution is -2.30. The van der Waals surface area contributed by atoms with Crippen molar-refractivity contribution in [1.82, 2.24) is 5.32 Å². The highest BCUT2D eigenvalue weighted by Crippen LogP contribution is 2.34. The molecule has 0 saturated carbocycles. The van der Waals surface area contributed by atoms with E-state index in [1.54, 1.807) is 11.8 Å².